The second-order valence-corrected chi connectivity index (χ2v) is 5.76. The minimum atomic E-state index is -0.188. The Morgan fingerprint density at radius 2 is 1.91 bits per heavy atom. The van der Waals surface area contributed by atoms with Crippen LogP contribution in [0.25, 0.3) is 0 Å². The van der Waals surface area contributed by atoms with E-state index in [1.807, 2.05) is 19.1 Å². The SMILES string of the molecule is Cc1cc(Nc2ccc(NC(=O)c3ccc(Br)cc3)cn2)no1. The summed E-state index contributed by atoms with van der Waals surface area (Å²) in [5, 5.41) is 9.63. The molecule has 3 rings (SSSR count). The number of rotatable bonds is 4. The van der Waals surface area contributed by atoms with Crippen molar-refractivity contribution >= 4 is 39.2 Å². The van der Waals surface area contributed by atoms with Crippen molar-refractivity contribution in [3.8, 4) is 0 Å². The summed E-state index contributed by atoms with van der Waals surface area (Å²) in [6, 6.07) is 12.4. The molecule has 2 aromatic heterocycles. The number of hydrogen-bond acceptors (Lipinski definition) is 5. The molecule has 2 N–H and O–H groups in total. The Labute approximate surface area is 141 Å². The largest absolute Gasteiger partial charge is 0.360 e. The quantitative estimate of drug-likeness (QED) is 0.719. The zero-order valence-electron chi connectivity index (χ0n) is 12.2. The van der Waals surface area contributed by atoms with Crippen LogP contribution in [0.15, 0.2) is 57.7 Å². The van der Waals surface area contributed by atoms with Gasteiger partial charge in [0, 0.05) is 16.1 Å². The standard InChI is InChI=1S/C16H13BrN4O2/c1-10-8-15(21-23-10)20-14-7-6-13(9-18-14)19-16(22)11-2-4-12(17)5-3-11/h2-9H,1H3,(H,19,22)(H,18,20,21). The molecule has 3 aromatic rings. The molecule has 0 aliphatic carbocycles. The number of carbonyl (C=O) groups is 1. The average molecular weight is 373 g/mol. The topological polar surface area (TPSA) is 80.0 Å². The van der Waals surface area contributed by atoms with Crippen LogP contribution in [0.1, 0.15) is 16.1 Å². The van der Waals surface area contributed by atoms with Gasteiger partial charge in [-0.1, -0.05) is 21.1 Å². The fourth-order valence-electron chi connectivity index (χ4n) is 1.90. The molecule has 0 saturated carbocycles. The third-order valence-electron chi connectivity index (χ3n) is 3.01. The van der Waals surface area contributed by atoms with Crippen LogP contribution in [0.4, 0.5) is 17.3 Å². The van der Waals surface area contributed by atoms with Crippen LogP contribution in [-0.2, 0) is 0 Å². The van der Waals surface area contributed by atoms with E-state index < -0.39 is 0 Å². The van der Waals surface area contributed by atoms with Crippen molar-refractivity contribution in [3.63, 3.8) is 0 Å². The van der Waals surface area contributed by atoms with Gasteiger partial charge in [0.15, 0.2) is 5.82 Å². The van der Waals surface area contributed by atoms with Gasteiger partial charge in [-0.2, -0.15) is 0 Å². The van der Waals surface area contributed by atoms with Crippen molar-refractivity contribution in [1.82, 2.24) is 10.1 Å². The third kappa shape index (κ3) is 3.95. The van der Waals surface area contributed by atoms with Crippen molar-refractivity contribution in [1.29, 1.82) is 0 Å². The Hall–Kier alpha value is -2.67. The molecule has 0 fully saturated rings. The number of pyridine rings is 1. The predicted molar refractivity (Wildman–Crippen MR) is 90.9 cm³/mol. The molecule has 0 aliphatic rings. The number of benzene rings is 1. The molecule has 0 aliphatic heterocycles. The maximum absolute atomic E-state index is 12.1. The van der Waals surface area contributed by atoms with E-state index >= 15 is 0 Å². The van der Waals surface area contributed by atoms with Gasteiger partial charge in [-0.25, -0.2) is 4.98 Å². The van der Waals surface area contributed by atoms with Gasteiger partial charge in [-0.05, 0) is 43.3 Å². The summed E-state index contributed by atoms with van der Waals surface area (Å²) in [4.78, 5) is 16.3. The van der Waals surface area contributed by atoms with Crippen molar-refractivity contribution in [2.45, 2.75) is 6.92 Å². The molecular formula is C16H13BrN4O2. The highest BCUT2D eigenvalue weighted by Crippen LogP contribution is 2.17. The molecule has 0 bridgehead atoms. The number of nitrogens with zero attached hydrogens (tertiary/aromatic N) is 2. The van der Waals surface area contributed by atoms with Gasteiger partial charge in [0.25, 0.3) is 5.91 Å². The zero-order valence-corrected chi connectivity index (χ0v) is 13.8. The first-order valence-corrected chi connectivity index (χ1v) is 7.63. The molecule has 6 nitrogen and oxygen atoms in total. The van der Waals surface area contributed by atoms with E-state index in [-0.39, 0.29) is 5.91 Å². The Morgan fingerprint density at radius 3 is 2.52 bits per heavy atom. The van der Waals surface area contributed by atoms with Gasteiger partial charge >= 0.3 is 0 Å². The number of aromatic nitrogens is 2. The summed E-state index contributed by atoms with van der Waals surface area (Å²) < 4.78 is 5.90. The molecule has 1 aromatic carbocycles. The van der Waals surface area contributed by atoms with Crippen LogP contribution in [-0.4, -0.2) is 16.0 Å². The first-order chi connectivity index (χ1) is 11.1. The lowest BCUT2D eigenvalue weighted by atomic mass is 10.2. The lowest BCUT2D eigenvalue weighted by molar-refractivity contribution is 0.102. The number of carbonyl (C=O) groups excluding carboxylic acids is 1. The molecule has 1 amide bonds. The summed E-state index contributed by atoms with van der Waals surface area (Å²) in [6.45, 7) is 1.81. The molecule has 23 heavy (non-hydrogen) atoms. The van der Waals surface area contributed by atoms with Crippen LogP contribution in [0.3, 0.4) is 0 Å². The van der Waals surface area contributed by atoms with E-state index in [0.29, 0.717) is 28.6 Å². The van der Waals surface area contributed by atoms with E-state index in [1.54, 1.807) is 36.5 Å². The minimum absolute atomic E-state index is 0.188. The van der Waals surface area contributed by atoms with Gasteiger partial charge in [0.1, 0.15) is 11.6 Å². The fraction of sp³-hybridized carbons (Fsp3) is 0.0625. The van der Waals surface area contributed by atoms with Crippen molar-refractivity contribution in [2.75, 3.05) is 10.6 Å². The Balaban J connectivity index is 1.65. The minimum Gasteiger partial charge on any atom is -0.360 e. The maximum Gasteiger partial charge on any atom is 0.255 e. The monoisotopic (exact) mass is 372 g/mol. The van der Waals surface area contributed by atoms with E-state index in [9.17, 15) is 4.79 Å². The lowest BCUT2D eigenvalue weighted by Gasteiger charge is -2.06. The van der Waals surface area contributed by atoms with Crippen molar-refractivity contribution in [3.05, 3.63) is 64.5 Å². The third-order valence-corrected chi connectivity index (χ3v) is 3.54. The summed E-state index contributed by atoms with van der Waals surface area (Å²) in [5.41, 5.74) is 1.19. The molecule has 2 heterocycles. The maximum atomic E-state index is 12.1. The number of amides is 1. The number of hydrogen-bond donors (Lipinski definition) is 2. The van der Waals surface area contributed by atoms with Crippen LogP contribution < -0.4 is 10.6 Å². The molecule has 0 radical (unpaired) electrons. The first-order valence-electron chi connectivity index (χ1n) is 6.83. The Morgan fingerprint density at radius 1 is 1.13 bits per heavy atom. The van der Waals surface area contributed by atoms with Gasteiger partial charge in [0.2, 0.25) is 0 Å². The van der Waals surface area contributed by atoms with E-state index in [0.717, 1.165) is 4.47 Å². The molecule has 7 heteroatoms. The highest BCUT2D eigenvalue weighted by atomic mass is 79.9. The van der Waals surface area contributed by atoms with Crippen LogP contribution in [0.5, 0.6) is 0 Å². The fourth-order valence-corrected chi connectivity index (χ4v) is 2.17. The van der Waals surface area contributed by atoms with Crippen LogP contribution >= 0.6 is 15.9 Å². The van der Waals surface area contributed by atoms with Gasteiger partial charge in [-0.3, -0.25) is 4.79 Å². The zero-order chi connectivity index (χ0) is 16.2. The Kier molecular flexibility index (Phi) is 4.38. The first kappa shape index (κ1) is 15.2. The number of nitrogens with one attached hydrogen (secondary N) is 2. The van der Waals surface area contributed by atoms with Gasteiger partial charge < -0.3 is 15.2 Å². The molecule has 0 spiro atoms. The van der Waals surface area contributed by atoms with Crippen LogP contribution in [0, 0.1) is 6.92 Å². The van der Waals surface area contributed by atoms with E-state index in [2.05, 4.69) is 36.7 Å². The lowest BCUT2D eigenvalue weighted by Crippen LogP contribution is -2.11. The summed E-state index contributed by atoms with van der Waals surface area (Å²) in [7, 11) is 0. The van der Waals surface area contributed by atoms with Crippen LogP contribution in [0.2, 0.25) is 0 Å². The average Bonchev–Trinajstić information content (AvgIpc) is 2.95. The number of aryl methyl sites for hydroxylation is 1. The molecule has 0 atom stereocenters. The highest BCUT2D eigenvalue weighted by Gasteiger charge is 2.07. The molecule has 0 saturated heterocycles. The number of anilines is 3. The summed E-state index contributed by atoms with van der Waals surface area (Å²) in [6.07, 6.45) is 1.58. The second kappa shape index (κ2) is 6.62. The highest BCUT2D eigenvalue weighted by molar-refractivity contribution is 9.10. The van der Waals surface area contributed by atoms with E-state index in [1.165, 1.54) is 0 Å². The molecule has 0 unspecified atom stereocenters. The smallest absolute Gasteiger partial charge is 0.255 e. The second-order valence-electron chi connectivity index (χ2n) is 4.84. The van der Waals surface area contributed by atoms with Gasteiger partial charge in [0.05, 0.1) is 11.9 Å². The van der Waals surface area contributed by atoms with Gasteiger partial charge in [-0.15, -0.1) is 0 Å². The molecular weight excluding hydrogens is 360 g/mol. The normalized spacial score (nSPS) is 10.3. The van der Waals surface area contributed by atoms with E-state index in [4.69, 9.17) is 4.52 Å². The van der Waals surface area contributed by atoms with Crippen molar-refractivity contribution < 1.29 is 9.32 Å². The predicted octanol–water partition coefficient (Wildman–Crippen LogP) is 4.14. The summed E-state index contributed by atoms with van der Waals surface area (Å²) >= 11 is 3.34. The Bertz CT molecular complexity index is 813. The summed E-state index contributed by atoms with van der Waals surface area (Å²) in [5.74, 6) is 1.72. The number of halogens is 1. The van der Waals surface area contributed by atoms with Crippen molar-refractivity contribution in [2.24, 2.45) is 0 Å². The molecule has 116 valence electrons.